The highest BCUT2D eigenvalue weighted by atomic mass is 16.5. The van der Waals surface area contributed by atoms with E-state index >= 15 is 0 Å². The Labute approximate surface area is 210 Å². The molecule has 0 spiro atoms. The zero-order valence-electron chi connectivity index (χ0n) is 20.1. The van der Waals surface area contributed by atoms with E-state index in [1.807, 2.05) is 66.9 Å². The van der Waals surface area contributed by atoms with E-state index in [4.69, 9.17) is 14.5 Å². The van der Waals surface area contributed by atoms with E-state index in [1.165, 1.54) is 0 Å². The van der Waals surface area contributed by atoms with Gasteiger partial charge in [-0.05, 0) is 54.4 Å². The number of pyridine rings is 1. The molecule has 0 bridgehead atoms. The van der Waals surface area contributed by atoms with Gasteiger partial charge in [0.05, 0.1) is 43.6 Å². The molecule has 0 fully saturated rings. The Kier molecular flexibility index (Phi) is 6.56. The number of rotatable bonds is 8. The van der Waals surface area contributed by atoms with Crippen molar-refractivity contribution in [3.05, 3.63) is 90.1 Å². The Bertz CT molecular complexity index is 1550. The summed E-state index contributed by atoms with van der Waals surface area (Å²) < 4.78 is 10.8. The van der Waals surface area contributed by atoms with Crippen LogP contribution in [0.1, 0.15) is 17.3 Å². The number of carbonyl (C=O) groups excluding carboxylic acids is 1. The fraction of sp³-hybridized carbons (Fsp3) is 0.172. The number of ether oxygens (including phenoxy) is 2. The van der Waals surface area contributed by atoms with E-state index in [0.29, 0.717) is 40.1 Å². The van der Waals surface area contributed by atoms with Gasteiger partial charge in [0, 0.05) is 29.5 Å². The topological polar surface area (TPSA) is 96.5 Å². The van der Waals surface area contributed by atoms with Gasteiger partial charge < -0.3 is 24.9 Å². The van der Waals surface area contributed by atoms with Crippen molar-refractivity contribution in [3.8, 4) is 22.8 Å². The zero-order chi connectivity index (χ0) is 25.1. The van der Waals surface area contributed by atoms with Crippen molar-refractivity contribution < 1.29 is 20.8 Å². The number of aliphatic hydroxyl groups excluding tert-OH is 1. The predicted octanol–water partition coefficient (Wildman–Crippen LogP) is 4.98. The molecule has 2 aromatic heterocycles. The number of amides is 1. The van der Waals surface area contributed by atoms with Crippen molar-refractivity contribution in [2.75, 3.05) is 20.8 Å². The number of hydrogen-bond acceptors (Lipinski definition) is 5. The molecule has 3 aromatic carbocycles. The van der Waals surface area contributed by atoms with Crippen molar-refractivity contribution in [2.24, 2.45) is 0 Å². The number of methoxy groups -OCH3 is 2. The second kappa shape index (κ2) is 10.1. The first-order chi connectivity index (χ1) is 17.6. The standard InChI is InChI=1S/C29H27N3O4.H2/c1-35-21-7-5-6-18(13-21)28-15-25(24-14-22(36-2)10-11-27(24)32-28)29(34)31-20(17-33)12-19-16-30-26-9-4-3-8-23(19)26;/h3-11,13-16,20,30,33H,12,17H2,1-2H3,(H,31,34);1H/t20-;/m1./s1. The van der Waals surface area contributed by atoms with E-state index in [2.05, 4.69) is 10.3 Å². The maximum Gasteiger partial charge on any atom is 0.252 e. The number of hydrogen-bond donors (Lipinski definition) is 3. The van der Waals surface area contributed by atoms with Crippen molar-refractivity contribution in [2.45, 2.75) is 12.5 Å². The Morgan fingerprint density at radius 1 is 1.00 bits per heavy atom. The molecule has 7 nitrogen and oxygen atoms in total. The molecule has 0 aliphatic carbocycles. The number of aromatic nitrogens is 2. The highest BCUT2D eigenvalue weighted by Gasteiger charge is 2.20. The fourth-order valence-corrected chi connectivity index (χ4v) is 4.44. The zero-order valence-corrected chi connectivity index (χ0v) is 20.1. The minimum absolute atomic E-state index is 0. The van der Waals surface area contributed by atoms with Crippen LogP contribution in [0.3, 0.4) is 0 Å². The molecule has 2 heterocycles. The molecular formula is C29H29N3O4. The number of nitrogens with zero attached hydrogens (tertiary/aromatic N) is 1. The van der Waals surface area contributed by atoms with Gasteiger partial charge in [0.1, 0.15) is 11.5 Å². The molecule has 3 N–H and O–H groups in total. The summed E-state index contributed by atoms with van der Waals surface area (Å²) >= 11 is 0. The molecular weight excluding hydrogens is 454 g/mol. The van der Waals surface area contributed by atoms with Crippen LogP contribution in [0.15, 0.2) is 79.0 Å². The Balaban J connectivity index is 0.00000320. The third kappa shape index (κ3) is 4.61. The number of aromatic amines is 1. The lowest BCUT2D eigenvalue weighted by molar-refractivity contribution is 0.0918. The average molecular weight is 484 g/mol. The molecule has 0 unspecified atom stereocenters. The van der Waals surface area contributed by atoms with E-state index in [0.717, 1.165) is 22.0 Å². The van der Waals surface area contributed by atoms with Gasteiger partial charge in [-0.25, -0.2) is 4.98 Å². The predicted molar refractivity (Wildman–Crippen MR) is 143 cm³/mol. The van der Waals surface area contributed by atoms with Gasteiger partial charge in [-0.2, -0.15) is 0 Å². The number of benzene rings is 3. The van der Waals surface area contributed by atoms with Crippen LogP contribution in [0.5, 0.6) is 11.5 Å². The lowest BCUT2D eigenvalue weighted by Crippen LogP contribution is -2.39. The summed E-state index contributed by atoms with van der Waals surface area (Å²) in [6.07, 6.45) is 2.41. The van der Waals surface area contributed by atoms with Crippen LogP contribution in [0.25, 0.3) is 33.1 Å². The van der Waals surface area contributed by atoms with Crippen molar-refractivity contribution >= 4 is 27.7 Å². The summed E-state index contributed by atoms with van der Waals surface area (Å²) in [6.45, 7) is -0.194. The minimum atomic E-state index is -0.467. The van der Waals surface area contributed by atoms with Crippen molar-refractivity contribution in [1.82, 2.24) is 15.3 Å². The first-order valence-corrected chi connectivity index (χ1v) is 11.7. The molecule has 0 aliphatic heterocycles. The molecule has 5 rings (SSSR count). The summed E-state index contributed by atoms with van der Waals surface area (Å²) in [7, 11) is 3.20. The quantitative estimate of drug-likeness (QED) is 0.289. The summed E-state index contributed by atoms with van der Waals surface area (Å²) in [6, 6.07) is 22.3. The molecule has 36 heavy (non-hydrogen) atoms. The van der Waals surface area contributed by atoms with Crippen LogP contribution in [-0.2, 0) is 6.42 Å². The monoisotopic (exact) mass is 483 g/mol. The second-order valence-corrected chi connectivity index (χ2v) is 8.59. The number of para-hydroxylation sites is 1. The molecule has 1 amide bonds. The van der Waals surface area contributed by atoms with Gasteiger partial charge in [-0.15, -0.1) is 0 Å². The van der Waals surface area contributed by atoms with Gasteiger partial charge in [0.2, 0.25) is 0 Å². The van der Waals surface area contributed by atoms with Crippen LogP contribution < -0.4 is 14.8 Å². The Hall–Kier alpha value is -4.36. The van der Waals surface area contributed by atoms with E-state index < -0.39 is 6.04 Å². The van der Waals surface area contributed by atoms with Crippen LogP contribution in [0.4, 0.5) is 0 Å². The van der Waals surface area contributed by atoms with Gasteiger partial charge in [0.25, 0.3) is 5.91 Å². The fourth-order valence-electron chi connectivity index (χ4n) is 4.44. The average Bonchev–Trinajstić information content (AvgIpc) is 3.34. The lowest BCUT2D eigenvalue weighted by atomic mass is 10.0. The largest absolute Gasteiger partial charge is 0.497 e. The Morgan fingerprint density at radius 2 is 1.81 bits per heavy atom. The van der Waals surface area contributed by atoms with Crippen LogP contribution in [0.2, 0.25) is 0 Å². The minimum Gasteiger partial charge on any atom is -0.497 e. The van der Waals surface area contributed by atoms with Gasteiger partial charge in [-0.3, -0.25) is 4.79 Å². The normalized spacial score (nSPS) is 12.0. The highest BCUT2D eigenvalue weighted by molar-refractivity contribution is 6.07. The van der Waals surface area contributed by atoms with Crippen molar-refractivity contribution in [1.29, 1.82) is 0 Å². The first kappa shape index (κ1) is 23.4. The number of carbonyl (C=O) groups is 1. The molecule has 0 radical (unpaired) electrons. The lowest BCUT2D eigenvalue weighted by Gasteiger charge is -2.18. The number of aliphatic hydroxyl groups is 1. The maximum absolute atomic E-state index is 13.6. The van der Waals surface area contributed by atoms with Crippen LogP contribution >= 0.6 is 0 Å². The number of H-pyrrole nitrogens is 1. The summed E-state index contributed by atoms with van der Waals surface area (Å²) in [5.41, 5.74) is 4.65. The van der Waals surface area contributed by atoms with Gasteiger partial charge in [0.15, 0.2) is 0 Å². The van der Waals surface area contributed by atoms with Gasteiger partial charge >= 0.3 is 0 Å². The number of fused-ring (bicyclic) bond motifs is 2. The van der Waals surface area contributed by atoms with Crippen LogP contribution in [0, 0.1) is 0 Å². The van der Waals surface area contributed by atoms with E-state index in [-0.39, 0.29) is 13.9 Å². The maximum atomic E-state index is 13.6. The third-order valence-corrected chi connectivity index (χ3v) is 6.32. The molecule has 7 heteroatoms. The molecule has 1 atom stereocenters. The molecule has 0 aliphatic rings. The molecule has 0 saturated heterocycles. The summed E-state index contributed by atoms with van der Waals surface area (Å²) in [5, 5.41) is 14.9. The van der Waals surface area contributed by atoms with Gasteiger partial charge in [-0.1, -0.05) is 30.3 Å². The summed E-state index contributed by atoms with van der Waals surface area (Å²) in [5.74, 6) is 1.04. The van der Waals surface area contributed by atoms with Crippen LogP contribution in [-0.4, -0.2) is 47.8 Å². The number of nitrogens with one attached hydrogen (secondary N) is 2. The van der Waals surface area contributed by atoms with Crippen molar-refractivity contribution in [3.63, 3.8) is 0 Å². The highest BCUT2D eigenvalue weighted by Crippen LogP contribution is 2.29. The van der Waals surface area contributed by atoms with E-state index in [9.17, 15) is 9.90 Å². The Morgan fingerprint density at radius 3 is 2.61 bits per heavy atom. The third-order valence-electron chi connectivity index (χ3n) is 6.32. The first-order valence-electron chi connectivity index (χ1n) is 11.7. The molecule has 5 aromatic rings. The smallest absolute Gasteiger partial charge is 0.252 e. The van der Waals surface area contributed by atoms with E-state index in [1.54, 1.807) is 26.4 Å². The molecule has 0 saturated carbocycles. The SMILES string of the molecule is COc1cccc(-c2cc(C(=O)N[C@@H](CO)Cc3c[nH]c4ccccc34)c3cc(OC)ccc3n2)c1.[HH]. The molecule has 184 valence electrons. The second-order valence-electron chi connectivity index (χ2n) is 8.59. The summed E-state index contributed by atoms with van der Waals surface area (Å²) in [4.78, 5) is 21.6.